The van der Waals surface area contributed by atoms with E-state index in [0.717, 1.165) is 0 Å². The average molecular weight is 431 g/mol. The van der Waals surface area contributed by atoms with Crippen LogP contribution in [0.2, 0.25) is 5.02 Å². The normalized spacial score (nSPS) is 14.3. The molecular formula is C22H23ClN2O5. The van der Waals surface area contributed by atoms with E-state index in [1.807, 2.05) is 4.90 Å². The fourth-order valence-electron chi connectivity index (χ4n) is 3.46. The van der Waals surface area contributed by atoms with E-state index in [4.69, 9.17) is 16.3 Å². The zero-order valence-corrected chi connectivity index (χ0v) is 17.3. The molecule has 0 aliphatic carbocycles. The van der Waals surface area contributed by atoms with Gasteiger partial charge in [-0.05, 0) is 62.2 Å². The van der Waals surface area contributed by atoms with Crippen LogP contribution in [0.25, 0.3) is 0 Å². The van der Waals surface area contributed by atoms with Gasteiger partial charge in [-0.2, -0.15) is 0 Å². The molecule has 2 N–H and O–H groups in total. The van der Waals surface area contributed by atoms with Crippen molar-refractivity contribution < 1.29 is 24.2 Å². The smallest absolute Gasteiger partial charge is 0.335 e. The van der Waals surface area contributed by atoms with E-state index in [1.165, 1.54) is 12.1 Å². The van der Waals surface area contributed by atoms with Gasteiger partial charge in [-0.25, -0.2) is 4.79 Å². The van der Waals surface area contributed by atoms with Gasteiger partial charge in [-0.1, -0.05) is 11.6 Å². The zero-order chi connectivity index (χ0) is 21.7. The van der Waals surface area contributed by atoms with E-state index in [-0.39, 0.29) is 23.4 Å². The van der Waals surface area contributed by atoms with Crippen LogP contribution in [0.15, 0.2) is 42.5 Å². The molecule has 0 bridgehead atoms. The number of hydrogen-bond donors (Lipinski definition) is 2. The van der Waals surface area contributed by atoms with Crippen LogP contribution in [0.4, 0.5) is 11.4 Å². The molecule has 30 heavy (non-hydrogen) atoms. The third-order valence-corrected chi connectivity index (χ3v) is 5.31. The van der Waals surface area contributed by atoms with Crippen molar-refractivity contribution in [2.45, 2.75) is 19.8 Å². The lowest BCUT2D eigenvalue weighted by Gasteiger charge is -2.34. The number of anilines is 2. The summed E-state index contributed by atoms with van der Waals surface area (Å²) in [5.74, 6) is -1.78. The number of halogens is 1. The number of piperidine rings is 1. The summed E-state index contributed by atoms with van der Waals surface area (Å²) in [6.07, 6.45) is 1.26. The Bertz CT molecular complexity index is 937. The first-order valence-electron chi connectivity index (χ1n) is 9.75. The maximum absolute atomic E-state index is 12.7. The van der Waals surface area contributed by atoms with Crippen LogP contribution >= 0.6 is 11.6 Å². The maximum atomic E-state index is 12.7. The number of rotatable bonds is 6. The first-order chi connectivity index (χ1) is 14.4. The minimum Gasteiger partial charge on any atom is -0.478 e. The first-order valence-corrected chi connectivity index (χ1v) is 10.1. The standard InChI is InChI=1S/C22H23ClN2O5/c1-2-30-22(29)15-9-11-25(12-10-15)19-8-5-16(21(27)28)13-18(19)24-20(26)14-3-6-17(23)7-4-14/h3-8,13,15H,2,9-12H2,1H3,(H,24,26)(H,27,28). The second-order valence-corrected chi connectivity index (χ2v) is 7.45. The van der Waals surface area contributed by atoms with Gasteiger partial charge in [-0.15, -0.1) is 0 Å². The highest BCUT2D eigenvalue weighted by molar-refractivity contribution is 6.30. The number of carboxylic acid groups (broad SMARTS) is 1. The molecule has 1 aliphatic heterocycles. The number of nitrogens with one attached hydrogen (secondary N) is 1. The molecule has 1 fully saturated rings. The van der Waals surface area contributed by atoms with Gasteiger partial charge in [-0.3, -0.25) is 9.59 Å². The fraction of sp³-hybridized carbons (Fsp3) is 0.318. The number of ether oxygens (including phenoxy) is 1. The fourth-order valence-corrected chi connectivity index (χ4v) is 3.58. The minimum absolute atomic E-state index is 0.0755. The highest BCUT2D eigenvalue weighted by Crippen LogP contribution is 2.32. The molecule has 0 saturated carbocycles. The summed E-state index contributed by atoms with van der Waals surface area (Å²) < 4.78 is 5.11. The quantitative estimate of drug-likeness (QED) is 0.670. The third kappa shape index (κ3) is 5.10. The second-order valence-electron chi connectivity index (χ2n) is 7.01. The monoisotopic (exact) mass is 430 g/mol. The van der Waals surface area contributed by atoms with Gasteiger partial charge in [0.2, 0.25) is 0 Å². The molecule has 1 saturated heterocycles. The van der Waals surface area contributed by atoms with Crippen molar-refractivity contribution >= 4 is 40.8 Å². The summed E-state index contributed by atoms with van der Waals surface area (Å²) in [5, 5.41) is 12.7. The average Bonchev–Trinajstić information content (AvgIpc) is 2.74. The molecule has 0 radical (unpaired) electrons. The Morgan fingerprint density at radius 3 is 2.33 bits per heavy atom. The van der Waals surface area contributed by atoms with Crippen molar-refractivity contribution in [3.8, 4) is 0 Å². The molecule has 0 spiro atoms. The summed E-state index contributed by atoms with van der Waals surface area (Å²) in [4.78, 5) is 38.1. The van der Waals surface area contributed by atoms with Crippen molar-refractivity contribution in [2.75, 3.05) is 29.9 Å². The summed E-state index contributed by atoms with van der Waals surface area (Å²) in [7, 11) is 0. The number of benzene rings is 2. The van der Waals surface area contributed by atoms with Crippen LogP contribution in [0.5, 0.6) is 0 Å². The lowest BCUT2D eigenvalue weighted by Crippen LogP contribution is -2.37. The summed E-state index contributed by atoms with van der Waals surface area (Å²) in [6.45, 7) is 3.34. The zero-order valence-electron chi connectivity index (χ0n) is 16.6. The van der Waals surface area contributed by atoms with Gasteiger partial charge >= 0.3 is 11.9 Å². The second kappa shape index (κ2) is 9.63. The van der Waals surface area contributed by atoms with E-state index in [9.17, 15) is 19.5 Å². The molecule has 0 atom stereocenters. The Balaban J connectivity index is 1.81. The molecular weight excluding hydrogens is 408 g/mol. The van der Waals surface area contributed by atoms with Gasteiger partial charge in [0.05, 0.1) is 29.5 Å². The lowest BCUT2D eigenvalue weighted by atomic mass is 9.96. The van der Waals surface area contributed by atoms with E-state index < -0.39 is 5.97 Å². The summed E-state index contributed by atoms with van der Waals surface area (Å²) in [5.41, 5.74) is 1.60. The number of hydrogen-bond acceptors (Lipinski definition) is 5. The van der Waals surface area contributed by atoms with Crippen molar-refractivity contribution in [2.24, 2.45) is 5.92 Å². The molecule has 3 rings (SSSR count). The highest BCUT2D eigenvalue weighted by Gasteiger charge is 2.27. The Hall–Kier alpha value is -3.06. The predicted molar refractivity (Wildman–Crippen MR) is 114 cm³/mol. The lowest BCUT2D eigenvalue weighted by molar-refractivity contribution is -0.148. The van der Waals surface area contributed by atoms with Crippen LogP contribution < -0.4 is 10.2 Å². The maximum Gasteiger partial charge on any atom is 0.335 e. The number of carbonyl (C=O) groups excluding carboxylic acids is 2. The van der Waals surface area contributed by atoms with Gasteiger partial charge in [0.15, 0.2) is 0 Å². The molecule has 2 aromatic rings. The molecule has 8 heteroatoms. The predicted octanol–water partition coefficient (Wildman–Crippen LogP) is 4.07. The molecule has 1 heterocycles. The third-order valence-electron chi connectivity index (χ3n) is 5.05. The van der Waals surface area contributed by atoms with Gasteiger partial charge in [0.1, 0.15) is 0 Å². The van der Waals surface area contributed by atoms with Crippen molar-refractivity contribution in [1.29, 1.82) is 0 Å². The molecule has 158 valence electrons. The molecule has 1 aliphatic rings. The van der Waals surface area contributed by atoms with Gasteiger partial charge in [0.25, 0.3) is 5.91 Å². The Morgan fingerprint density at radius 2 is 1.73 bits per heavy atom. The van der Waals surface area contributed by atoms with Crippen molar-refractivity contribution in [3.63, 3.8) is 0 Å². The van der Waals surface area contributed by atoms with Crippen LogP contribution in [0, 0.1) is 5.92 Å². The highest BCUT2D eigenvalue weighted by atomic mass is 35.5. The Morgan fingerprint density at radius 1 is 1.10 bits per heavy atom. The van der Waals surface area contributed by atoms with Crippen LogP contribution in [0.1, 0.15) is 40.5 Å². The van der Waals surface area contributed by atoms with Crippen LogP contribution in [-0.4, -0.2) is 42.6 Å². The number of esters is 1. The number of nitrogens with zero attached hydrogens (tertiary/aromatic N) is 1. The SMILES string of the molecule is CCOC(=O)C1CCN(c2ccc(C(=O)O)cc2NC(=O)c2ccc(Cl)cc2)CC1. The minimum atomic E-state index is -1.08. The molecule has 2 aromatic carbocycles. The van der Waals surface area contributed by atoms with Crippen LogP contribution in [-0.2, 0) is 9.53 Å². The van der Waals surface area contributed by atoms with Crippen molar-refractivity contribution in [3.05, 3.63) is 58.6 Å². The molecule has 1 amide bonds. The van der Waals surface area contributed by atoms with E-state index in [2.05, 4.69) is 5.32 Å². The van der Waals surface area contributed by atoms with Gasteiger partial charge in [0, 0.05) is 23.7 Å². The number of amides is 1. The molecule has 7 nitrogen and oxygen atoms in total. The van der Waals surface area contributed by atoms with E-state index in [1.54, 1.807) is 37.3 Å². The Kier molecular flexibility index (Phi) is 6.95. The number of carbonyl (C=O) groups is 3. The van der Waals surface area contributed by atoms with Crippen LogP contribution in [0.3, 0.4) is 0 Å². The Labute approximate surface area is 179 Å². The largest absolute Gasteiger partial charge is 0.478 e. The van der Waals surface area contributed by atoms with Gasteiger partial charge < -0.3 is 20.1 Å². The molecule has 0 aromatic heterocycles. The number of aromatic carboxylic acids is 1. The van der Waals surface area contributed by atoms with E-state index >= 15 is 0 Å². The van der Waals surface area contributed by atoms with E-state index in [0.29, 0.717) is 54.5 Å². The topological polar surface area (TPSA) is 95.9 Å². The first kappa shape index (κ1) is 21.6. The summed E-state index contributed by atoms with van der Waals surface area (Å²) in [6, 6.07) is 11.1. The molecule has 0 unspecified atom stereocenters. The number of carboxylic acids is 1. The summed E-state index contributed by atoms with van der Waals surface area (Å²) >= 11 is 5.88. The van der Waals surface area contributed by atoms with Crippen molar-refractivity contribution in [1.82, 2.24) is 0 Å².